The van der Waals surface area contributed by atoms with Gasteiger partial charge in [-0.1, -0.05) is 24.3 Å². The molecule has 0 saturated carbocycles. The van der Waals surface area contributed by atoms with Crippen molar-refractivity contribution in [1.29, 1.82) is 0 Å². The van der Waals surface area contributed by atoms with Gasteiger partial charge in [0, 0.05) is 38.1 Å². The Kier molecular flexibility index (Phi) is 5.16. The van der Waals surface area contributed by atoms with Crippen LogP contribution in [0.2, 0.25) is 0 Å². The molecule has 22 heavy (non-hydrogen) atoms. The molecule has 1 N–H and O–H groups in total. The summed E-state index contributed by atoms with van der Waals surface area (Å²) in [7, 11) is 2.03. The Morgan fingerprint density at radius 2 is 1.68 bits per heavy atom. The number of rotatable bonds is 5. The SMILES string of the molecule is CNC(CN1CCOCC1)c1ccc(-c2ccncc2)cc1. The normalized spacial score (nSPS) is 17.3. The molecule has 2 aromatic rings. The van der Waals surface area contributed by atoms with E-state index in [1.807, 2.05) is 31.6 Å². The first-order chi connectivity index (χ1) is 10.9. The molecule has 0 amide bonds. The molecule has 1 aromatic carbocycles. The molecule has 1 aromatic heterocycles. The largest absolute Gasteiger partial charge is 0.379 e. The van der Waals surface area contributed by atoms with Crippen LogP contribution in [0.3, 0.4) is 0 Å². The molecule has 4 nitrogen and oxygen atoms in total. The molecule has 116 valence electrons. The first-order valence-corrected chi connectivity index (χ1v) is 7.84. The number of likely N-dealkylation sites (N-methyl/N-ethyl adjacent to an activating group) is 1. The highest BCUT2D eigenvalue weighted by molar-refractivity contribution is 5.62. The monoisotopic (exact) mass is 297 g/mol. The number of nitrogens with one attached hydrogen (secondary N) is 1. The van der Waals surface area contributed by atoms with Crippen LogP contribution in [0.4, 0.5) is 0 Å². The van der Waals surface area contributed by atoms with E-state index in [1.54, 1.807) is 0 Å². The fourth-order valence-corrected chi connectivity index (χ4v) is 2.86. The zero-order valence-electron chi connectivity index (χ0n) is 13.0. The van der Waals surface area contributed by atoms with Gasteiger partial charge < -0.3 is 10.1 Å². The van der Waals surface area contributed by atoms with Gasteiger partial charge in [-0.15, -0.1) is 0 Å². The first kappa shape index (κ1) is 15.2. The van der Waals surface area contributed by atoms with Crippen LogP contribution in [-0.4, -0.2) is 49.8 Å². The Balaban J connectivity index is 1.70. The molecule has 0 aliphatic carbocycles. The van der Waals surface area contributed by atoms with E-state index in [1.165, 1.54) is 16.7 Å². The third kappa shape index (κ3) is 3.71. The van der Waals surface area contributed by atoms with Gasteiger partial charge >= 0.3 is 0 Å². The van der Waals surface area contributed by atoms with E-state index in [4.69, 9.17) is 4.74 Å². The van der Waals surface area contributed by atoms with Crippen LogP contribution in [0.15, 0.2) is 48.8 Å². The van der Waals surface area contributed by atoms with Gasteiger partial charge in [0.05, 0.1) is 13.2 Å². The Hall–Kier alpha value is -1.75. The minimum atomic E-state index is 0.351. The fourth-order valence-electron chi connectivity index (χ4n) is 2.86. The highest BCUT2D eigenvalue weighted by atomic mass is 16.5. The molecule has 1 fully saturated rings. The molecule has 0 radical (unpaired) electrons. The second-order valence-electron chi connectivity index (χ2n) is 5.61. The van der Waals surface area contributed by atoms with Crippen LogP contribution in [-0.2, 0) is 4.74 Å². The lowest BCUT2D eigenvalue weighted by Gasteiger charge is -2.30. The van der Waals surface area contributed by atoms with Gasteiger partial charge in [-0.3, -0.25) is 9.88 Å². The van der Waals surface area contributed by atoms with Crippen molar-refractivity contribution < 1.29 is 4.74 Å². The summed E-state index contributed by atoms with van der Waals surface area (Å²) in [5, 5.41) is 3.43. The van der Waals surface area contributed by atoms with E-state index in [0.29, 0.717) is 6.04 Å². The number of benzene rings is 1. The second-order valence-corrected chi connectivity index (χ2v) is 5.61. The van der Waals surface area contributed by atoms with Gasteiger partial charge in [-0.05, 0) is 35.9 Å². The lowest BCUT2D eigenvalue weighted by Crippen LogP contribution is -2.41. The quantitative estimate of drug-likeness (QED) is 0.919. The number of hydrogen-bond acceptors (Lipinski definition) is 4. The van der Waals surface area contributed by atoms with Gasteiger partial charge in [-0.2, -0.15) is 0 Å². The van der Waals surface area contributed by atoms with Crippen molar-refractivity contribution in [2.75, 3.05) is 39.9 Å². The van der Waals surface area contributed by atoms with Crippen LogP contribution < -0.4 is 5.32 Å². The predicted molar refractivity (Wildman–Crippen MR) is 88.7 cm³/mol. The van der Waals surface area contributed by atoms with E-state index in [-0.39, 0.29) is 0 Å². The molecule has 0 spiro atoms. The summed E-state index contributed by atoms with van der Waals surface area (Å²) in [6, 6.07) is 13.2. The molecule has 3 rings (SSSR count). The van der Waals surface area contributed by atoms with Crippen LogP contribution in [0, 0.1) is 0 Å². The van der Waals surface area contributed by atoms with Crippen molar-refractivity contribution in [3.05, 3.63) is 54.4 Å². The summed E-state index contributed by atoms with van der Waals surface area (Å²) in [6.07, 6.45) is 3.66. The van der Waals surface area contributed by atoms with Gasteiger partial charge in [0.2, 0.25) is 0 Å². The molecule has 1 atom stereocenters. The molecule has 1 saturated heterocycles. The van der Waals surface area contributed by atoms with Crippen molar-refractivity contribution in [3.63, 3.8) is 0 Å². The molecule has 1 aliphatic heterocycles. The van der Waals surface area contributed by atoms with Crippen molar-refractivity contribution in [3.8, 4) is 11.1 Å². The van der Waals surface area contributed by atoms with Gasteiger partial charge in [0.1, 0.15) is 0 Å². The van der Waals surface area contributed by atoms with E-state index in [2.05, 4.69) is 39.5 Å². The number of morpholine rings is 1. The Bertz CT molecular complexity index is 565. The maximum absolute atomic E-state index is 5.42. The lowest BCUT2D eigenvalue weighted by molar-refractivity contribution is 0.0338. The van der Waals surface area contributed by atoms with Crippen LogP contribution in [0.25, 0.3) is 11.1 Å². The van der Waals surface area contributed by atoms with E-state index in [0.717, 1.165) is 32.8 Å². The topological polar surface area (TPSA) is 37.4 Å². The van der Waals surface area contributed by atoms with Crippen LogP contribution in [0.5, 0.6) is 0 Å². The number of hydrogen-bond donors (Lipinski definition) is 1. The van der Waals surface area contributed by atoms with Gasteiger partial charge in [0.15, 0.2) is 0 Å². The van der Waals surface area contributed by atoms with Crippen LogP contribution in [0.1, 0.15) is 11.6 Å². The highest BCUT2D eigenvalue weighted by Crippen LogP contribution is 2.22. The van der Waals surface area contributed by atoms with E-state index >= 15 is 0 Å². The smallest absolute Gasteiger partial charge is 0.0594 e. The molecule has 2 heterocycles. The molecule has 1 unspecified atom stereocenters. The second kappa shape index (κ2) is 7.49. The Labute approximate surface area is 132 Å². The summed E-state index contributed by atoms with van der Waals surface area (Å²) in [5.74, 6) is 0. The van der Waals surface area contributed by atoms with Gasteiger partial charge in [0.25, 0.3) is 0 Å². The van der Waals surface area contributed by atoms with Crippen molar-refractivity contribution in [1.82, 2.24) is 15.2 Å². The van der Waals surface area contributed by atoms with E-state index in [9.17, 15) is 0 Å². The molecular weight excluding hydrogens is 274 g/mol. The molecular formula is C18H23N3O. The number of aromatic nitrogens is 1. The summed E-state index contributed by atoms with van der Waals surface area (Å²) in [4.78, 5) is 6.53. The molecule has 0 bridgehead atoms. The minimum Gasteiger partial charge on any atom is -0.379 e. The summed E-state index contributed by atoms with van der Waals surface area (Å²) < 4.78 is 5.42. The maximum atomic E-state index is 5.42. The van der Waals surface area contributed by atoms with Crippen molar-refractivity contribution in [2.24, 2.45) is 0 Å². The maximum Gasteiger partial charge on any atom is 0.0594 e. The third-order valence-electron chi connectivity index (χ3n) is 4.22. The molecule has 4 heteroatoms. The summed E-state index contributed by atoms with van der Waals surface area (Å²) in [5.41, 5.74) is 3.76. The minimum absolute atomic E-state index is 0.351. The van der Waals surface area contributed by atoms with Crippen LogP contribution >= 0.6 is 0 Å². The number of ether oxygens (including phenoxy) is 1. The standard InChI is InChI=1S/C18H23N3O/c1-19-18(14-21-10-12-22-13-11-21)17-4-2-15(3-5-17)16-6-8-20-9-7-16/h2-9,18-19H,10-14H2,1H3. The van der Waals surface area contributed by atoms with Crippen molar-refractivity contribution >= 4 is 0 Å². The fraction of sp³-hybridized carbons (Fsp3) is 0.389. The average molecular weight is 297 g/mol. The molecule has 1 aliphatic rings. The number of nitrogens with zero attached hydrogens (tertiary/aromatic N) is 2. The summed E-state index contributed by atoms with van der Waals surface area (Å²) >= 11 is 0. The van der Waals surface area contributed by atoms with Crippen molar-refractivity contribution in [2.45, 2.75) is 6.04 Å². The first-order valence-electron chi connectivity index (χ1n) is 7.84. The Morgan fingerprint density at radius 1 is 1.05 bits per heavy atom. The zero-order valence-corrected chi connectivity index (χ0v) is 13.0. The Morgan fingerprint density at radius 3 is 2.32 bits per heavy atom. The van der Waals surface area contributed by atoms with Gasteiger partial charge in [-0.25, -0.2) is 0 Å². The zero-order chi connectivity index (χ0) is 15.2. The third-order valence-corrected chi connectivity index (χ3v) is 4.22. The number of pyridine rings is 1. The lowest BCUT2D eigenvalue weighted by atomic mass is 10.0. The summed E-state index contributed by atoms with van der Waals surface area (Å²) in [6.45, 7) is 4.75. The predicted octanol–water partition coefficient (Wildman–Crippen LogP) is 2.34. The highest BCUT2D eigenvalue weighted by Gasteiger charge is 2.16. The average Bonchev–Trinajstić information content (AvgIpc) is 2.61. The van der Waals surface area contributed by atoms with E-state index < -0.39 is 0 Å².